The minimum Gasteiger partial charge on any atom is -0.485 e. The van der Waals surface area contributed by atoms with Crippen LogP contribution in [0.3, 0.4) is 0 Å². The average molecular weight is 411 g/mol. The van der Waals surface area contributed by atoms with Crippen molar-refractivity contribution in [2.45, 2.75) is 26.6 Å². The number of hydrogen-bond acceptors (Lipinski definition) is 5. The molecule has 6 nitrogen and oxygen atoms in total. The van der Waals surface area contributed by atoms with Gasteiger partial charge in [0.25, 0.3) is 5.91 Å². The van der Waals surface area contributed by atoms with Gasteiger partial charge in [-0.05, 0) is 34.4 Å². The second-order valence-corrected chi connectivity index (χ2v) is 7.49. The fourth-order valence-electron chi connectivity index (χ4n) is 3.93. The van der Waals surface area contributed by atoms with Gasteiger partial charge >= 0.3 is 0 Å². The molecule has 31 heavy (non-hydrogen) atoms. The molecule has 0 saturated carbocycles. The quantitative estimate of drug-likeness (QED) is 0.483. The lowest BCUT2D eigenvalue weighted by molar-refractivity contribution is 0.0727. The van der Waals surface area contributed by atoms with E-state index in [9.17, 15) is 4.79 Å². The number of nitrogens with zero attached hydrogens (tertiary/aromatic N) is 3. The minimum absolute atomic E-state index is 0.0774. The number of fused-ring (bicyclic) bond motifs is 3. The van der Waals surface area contributed by atoms with E-state index in [1.54, 1.807) is 19.1 Å². The van der Waals surface area contributed by atoms with E-state index in [1.165, 1.54) is 11.1 Å². The predicted molar refractivity (Wildman–Crippen MR) is 115 cm³/mol. The zero-order chi connectivity index (χ0) is 21.2. The van der Waals surface area contributed by atoms with Crippen LogP contribution >= 0.6 is 0 Å². The number of amides is 1. The number of aryl methyl sites for hydroxylation is 1. The number of rotatable bonds is 4. The zero-order valence-electron chi connectivity index (χ0n) is 17.1. The van der Waals surface area contributed by atoms with Crippen molar-refractivity contribution in [3.63, 3.8) is 0 Å². The molecule has 0 fully saturated rings. The maximum absolute atomic E-state index is 13.6. The number of ether oxygens (including phenoxy) is 1. The molecule has 1 aliphatic rings. The van der Waals surface area contributed by atoms with E-state index in [4.69, 9.17) is 9.26 Å². The van der Waals surface area contributed by atoms with Gasteiger partial charge in [-0.15, -0.1) is 0 Å². The normalized spacial score (nSPS) is 12.6. The van der Waals surface area contributed by atoms with Gasteiger partial charge in [0.15, 0.2) is 6.61 Å². The molecule has 1 aliphatic heterocycles. The Labute approximate surface area is 180 Å². The Morgan fingerprint density at radius 3 is 2.19 bits per heavy atom. The third kappa shape index (κ3) is 3.80. The maximum atomic E-state index is 13.6. The van der Waals surface area contributed by atoms with Gasteiger partial charge in [-0.3, -0.25) is 4.79 Å². The molecule has 4 aromatic rings. The monoisotopic (exact) mass is 411 g/mol. The van der Waals surface area contributed by atoms with Crippen molar-refractivity contribution in [3.05, 3.63) is 101 Å². The molecule has 154 valence electrons. The van der Waals surface area contributed by atoms with Crippen LogP contribution in [0.25, 0.3) is 11.1 Å². The molecule has 6 heteroatoms. The molecule has 0 spiro atoms. The molecule has 1 amide bonds. The van der Waals surface area contributed by atoms with Gasteiger partial charge in [-0.2, -0.15) is 4.98 Å². The standard InChI is InChI=1S/C25H21N3O3/c1-17-26-24(27-31-17)16-30-23-13-7-6-12-22(23)25(29)28-14-18-8-2-4-10-20(18)21-11-5-3-9-19(21)15-28/h2-13H,14-16H2,1H3. The van der Waals surface area contributed by atoms with E-state index in [0.717, 1.165) is 11.1 Å². The van der Waals surface area contributed by atoms with Crippen LogP contribution in [0.5, 0.6) is 5.75 Å². The third-order valence-corrected chi connectivity index (χ3v) is 5.38. The average Bonchev–Trinajstić information content (AvgIpc) is 3.14. The van der Waals surface area contributed by atoms with Crippen LogP contribution in [0.2, 0.25) is 0 Å². The van der Waals surface area contributed by atoms with E-state index in [-0.39, 0.29) is 12.5 Å². The molecule has 2 heterocycles. The van der Waals surface area contributed by atoms with E-state index in [1.807, 2.05) is 41.3 Å². The highest BCUT2D eigenvalue weighted by Crippen LogP contribution is 2.33. The Balaban J connectivity index is 1.46. The van der Waals surface area contributed by atoms with Gasteiger partial charge in [0.1, 0.15) is 5.75 Å². The van der Waals surface area contributed by atoms with E-state index < -0.39 is 0 Å². The number of hydrogen-bond donors (Lipinski definition) is 0. The van der Waals surface area contributed by atoms with Crippen molar-refractivity contribution < 1.29 is 14.1 Å². The summed E-state index contributed by atoms with van der Waals surface area (Å²) in [6.07, 6.45) is 0. The zero-order valence-corrected chi connectivity index (χ0v) is 17.1. The van der Waals surface area contributed by atoms with Crippen LogP contribution in [0.4, 0.5) is 0 Å². The Morgan fingerprint density at radius 1 is 0.935 bits per heavy atom. The highest BCUT2D eigenvalue weighted by Gasteiger charge is 2.25. The number of aromatic nitrogens is 2. The van der Waals surface area contributed by atoms with Crippen molar-refractivity contribution in [2.24, 2.45) is 0 Å². The molecular formula is C25H21N3O3. The molecule has 0 bridgehead atoms. The summed E-state index contributed by atoms with van der Waals surface area (Å²) in [7, 11) is 0. The van der Waals surface area contributed by atoms with Crippen LogP contribution in [-0.2, 0) is 19.7 Å². The Hall–Kier alpha value is -3.93. The van der Waals surface area contributed by atoms with Gasteiger partial charge in [-0.1, -0.05) is 65.8 Å². The van der Waals surface area contributed by atoms with E-state index >= 15 is 0 Å². The van der Waals surface area contributed by atoms with Gasteiger partial charge in [0, 0.05) is 20.0 Å². The molecule has 1 aromatic heterocycles. The van der Waals surface area contributed by atoms with Crippen molar-refractivity contribution in [1.82, 2.24) is 15.0 Å². The molecule has 0 unspecified atom stereocenters. The molecular weight excluding hydrogens is 390 g/mol. The smallest absolute Gasteiger partial charge is 0.258 e. The van der Waals surface area contributed by atoms with Gasteiger partial charge in [0.05, 0.1) is 5.56 Å². The summed E-state index contributed by atoms with van der Waals surface area (Å²) in [5.41, 5.74) is 5.11. The Bertz CT molecular complexity index is 1200. The number of para-hydroxylation sites is 1. The number of carbonyl (C=O) groups excluding carboxylic acids is 1. The molecule has 0 N–H and O–H groups in total. The first-order chi connectivity index (χ1) is 15.2. The maximum Gasteiger partial charge on any atom is 0.258 e. The summed E-state index contributed by atoms with van der Waals surface area (Å²) in [5, 5.41) is 3.85. The molecule has 0 saturated heterocycles. The first kappa shape index (κ1) is 19.1. The van der Waals surface area contributed by atoms with Crippen LogP contribution in [0.1, 0.15) is 33.2 Å². The second-order valence-electron chi connectivity index (χ2n) is 7.49. The second kappa shape index (κ2) is 8.07. The van der Waals surface area contributed by atoms with Crippen molar-refractivity contribution in [1.29, 1.82) is 0 Å². The highest BCUT2D eigenvalue weighted by atomic mass is 16.5. The van der Waals surface area contributed by atoms with Crippen molar-refractivity contribution in [2.75, 3.05) is 0 Å². The Kier molecular flexibility index (Phi) is 4.96. The summed E-state index contributed by atoms with van der Waals surface area (Å²) < 4.78 is 10.9. The predicted octanol–water partition coefficient (Wildman–Crippen LogP) is 4.78. The summed E-state index contributed by atoms with van der Waals surface area (Å²) in [6, 6.07) is 23.8. The molecule has 0 aliphatic carbocycles. The summed E-state index contributed by atoms with van der Waals surface area (Å²) >= 11 is 0. The topological polar surface area (TPSA) is 68.5 Å². The first-order valence-corrected chi connectivity index (χ1v) is 10.2. The number of carbonyl (C=O) groups is 1. The van der Waals surface area contributed by atoms with Gasteiger partial charge < -0.3 is 14.2 Å². The lowest BCUT2D eigenvalue weighted by Crippen LogP contribution is -2.29. The highest BCUT2D eigenvalue weighted by molar-refractivity contribution is 5.97. The van der Waals surface area contributed by atoms with Crippen LogP contribution in [0, 0.1) is 6.92 Å². The first-order valence-electron chi connectivity index (χ1n) is 10.2. The minimum atomic E-state index is -0.0774. The molecule has 3 aromatic carbocycles. The van der Waals surface area contributed by atoms with Crippen molar-refractivity contribution in [3.8, 4) is 16.9 Å². The van der Waals surface area contributed by atoms with Crippen LogP contribution < -0.4 is 4.74 Å². The molecule has 0 atom stereocenters. The molecule has 0 radical (unpaired) electrons. The van der Waals surface area contributed by atoms with E-state index in [2.05, 4.69) is 34.4 Å². The largest absolute Gasteiger partial charge is 0.485 e. The third-order valence-electron chi connectivity index (χ3n) is 5.38. The SMILES string of the molecule is Cc1nc(COc2ccccc2C(=O)N2Cc3ccccc3-c3ccccc3C2)no1. The number of benzene rings is 3. The lowest BCUT2D eigenvalue weighted by Gasteiger charge is -2.23. The lowest BCUT2D eigenvalue weighted by atomic mass is 9.97. The van der Waals surface area contributed by atoms with Gasteiger partial charge in [0.2, 0.25) is 11.7 Å². The van der Waals surface area contributed by atoms with E-state index in [0.29, 0.717) is 36.1 Å². The van der Waals surface area contributed by atoms with Crippen LogP contribution in [-0.4, -0.2) is 20.9 Å². The summed E-state index contributed by atoms with van der Waals surface area (Å²) in [5.74, 6) is 1.34. The molecule has 5 rings (SSSR count). The summed E-state index contributed by atoms with van der Waals surface area (Å²) in [6.45, 7) is 2.92. The van der Waals surface area contributed by atoms with Crippen molar-refractivity contribution >= 4 is 5.91 Å². The summed E-state index contributed by atoms with van der Waals surface area (Å²) in [4.78, 5) is 19.6. The van der Waals surface area contributed by atoms with Crippen LogP contribution in [0.15, 0.2) is 77.3 Å². The fourth-order valence-corrected chi connectivity index (χ4v) is 3.93. The van der Waals surface area contributed by atoms with Gasteiger partial charge in [-0.25, -0.2) is 0 Å². The Morgan fingerprint density at radius 2 is 1.55 bits per heavy atom. The fraction of sp³-hybridized carbons (Fsp3) is 0.160.